The average molecular weight is 419 g/mol. The highest BCUT2D eigenvalue weighted by atomic mass is 16.5. The molecule has 1 atom stereocenters. The molecule has 7 heteroatoms. The van der Waals surface area contributed by atoms with Crippen molar-refractivity contribution >= 4 is 16.5 Å². The maximum absolute atomic E-state index is 8.93. The summed E-state index contributed by atoms with van der Waals surface area (Å²) in [4.78, 5) is 2.64. The molecule has 0 amide bonds. The summed E-state index contributed by atoms with van der Waals surface area (Å²) < 4.78 is 5.33. The lowest BCUT2D eigenvalue weighted by atomic mass is 9.82. The number of rotatable bonds is 5. The van der Waals surface area contributed by atoms with E-state index in [0.717, 1.165) is 66.0 Å². The van der Waals surface area contributed by atoms with E-state index in [4.69, 9.17) is 10.1 Å². The highest BCUT2D eigenvalue weighted by molar-refractivity contribution is 6.03. The Morgan fingerprint density at radius 3 is 2.65 bits per heavy atom. The Labute approximate surface area is 182 Å². The van der Waals surface area contributed by atoms with Crippen molar-refractivity contribution in [3.05, 3.63) is 47.8 Å². The van der Waals surface area contributed by atoms with Gasteiger partial charge in [0.25, 0.3) is 0 Å². The van der Waals surface area contributed by atoms with Crippen LogP contribution in [0, 0.1) is 11.3 Å². The topological polar surface area (TPSA) is 90.8 Å². The zero-order valence-electron chi connectivity index (χ0n) is 18.1. The van der Waals surface area contributed by atoms with E-state index in [0.29, 0.717) is 17.9 Å². The number of benzene rings is 2. The number of methoxy groups -OCH3 is 1. The van der Waals surface area contributed by atoms with Gasteiger partial charge >= 0.3 is 0 Å². The van der Waals surface area contributed by atoms with Gasteiger partial charge in [-0.15, -0.1) is 10.2 Å². The van der Waals surface area contributed by atoms with E-state index in [-0.39, 0.29) is 0 Å². The molecule has 5 rings (SSSR count). The summed E-state index contributed by atoms with van der Waals surface area (Å²) in [7, 11) is 1.69. The molecule has 7 nitrogen and oxygen atoms in total. The number of tetrazole rings is 1. The van der Waals surface area contributed by atoms with Crippen molar-refractivity contribution in [3.63, 3.8) is 0 Å². The molecule has 1 saturated heterocycles. The van der Waals surface area contributed by atoms with Crippen LogP contribution >= 0.6 is 0 Å². The standard InChI is InChI=1S/C24H30N6O/c1-31-22-11-8-17-13-19(5-4-18(17)14-22)23(25)20-3-2-12-30(15-20)21-9-6-16(7-10-21)24-26-28-29-27-24/h4-5,8,11,13-14,16,20-21,25H,2-3,6-7,9-10,12,15H2,1H3,(H,26,27,28,29). The summed E-state index contributed by atoms with van der Waals surface area (Å²) in [6.45, 7) is 2.15. The molecule has 2 heterocycles. The minimum atomic E-state index is 0.305. The van der Waals surface area contributed by atoms with Crippen LogP contribution in [0.15, 0.2) is 36.4 Å². The fourth-order valence-electron chi connectivity index (χ4n) is 5.37. The second-order valence-electron chi connectivity index (χ2n) is 8.95. The average Bonchev–Trinajstić information content (AvgIpc) is 3.38. The monoisotopic (exact) mass is 418 g/mol. The number of piperidine rings is 1. The zero-order valence-corrected chi connectivity index (χ0v) is 18.1. The summed E-state index contributed by atoms with van der Waals surface area (Å²) in [5.74, 6) is 2.47. The molecular formula is C24H30N6O. The summed E-state index contributed by atoms with van der Waals surface area (Å²) >= 11 is 0. The predicted molar refractivity (Wildman–Crippen MR) is 121 cm³/mol. The molecule has 2 aliphatic rings. The van der Waals surface area contributed by atoms with Crippen molar-refractivity contribution < 1.29 is 4.74 Å². The van der Waals surface area contributed by atoms with Gasteiger partial charge in [0.15, 0.2) is 5.82 Å². The van der Waals surface area contributed by atoms with Crippen molar-refractivity contribution in [1.29, 1.82) is 5.41 Å². The highest BCUT2D eigenvalue weighted by Crippen LogP contribution is 2.35. The van der Waals surface area contributed by atoms with Crippen LogP contribution in [0.5, 0.6) is 5.75 Å². The second kappa shape index (κ2) is 8.75. The number of fused-ring (bicyclic) bond motifs is 1. The SMILES string of the molecule is COc1ccc2cc(C(=N)C3CCCN(C4CCC(c5nn[nH]n5)CC4)C3)ccc2c1. The number of aromatic nitrogens is 4. The van der Waals surface area contributed by atoms with Gasteiger partial charge in [0.1, 0.15) is 5.75 Å². The number of aromatic amines is 1. The van der Waals surface area contributed by atoms with Gasteiger partial charge in [-0.1, -0.05) is 23.4 Å². The van der Waals surface area contributed by atoms with E-state index in [1.165, 1.54) is 19.3 Å². The molecule has 2 N–H and O–H groups in total. The molecule has 1 saturated carbocycles. The normalized spacial score (nSPS) is 24.9. The van der Waals surface area contributed by atoms with Crippen molar-refractivity contribution in [1.82, 2.24) is 25.5 Å². The number of H-pyrrole nitrogens is 1. The van der Waals surface area contributed by atoms with Crippen LogP contribution < -0.4 is 4.74 Å². The first kappa shape index (κ1) is 20.1. The maximum atomic E-state index is 8.93. The lowest BCUT2D eigenvalue weighted by Gasteiger charge is -2.41. The van der Waals surface area contributed by atoms with Crippen molar-refractivity contribution in [2.45, 2.75) is 50.5 Å². The number of hydrogen-bond acceptors (Lipinski definition) is 6. The van der Waals surface area contributed by atoms with Gasteiger partial charge in [-0.3, -0.25) is 4.90 Å². The Morgan fingerprint density at radius 1 is 1.06 bits per heavy atom. The van der Waals surface area contributed by atoms with Crippen LogP contribution in [0.25, 0.3) is 10.8 Å². The van der Waals surface area contributed by atoms with Crippen LogP contribution in [0.1, 0.15) is 55.8 Å². The van der Waals surface area contributed by atoms with E-state index in [2.05, 4.69) is 55.9 Å². The summed E-state index contributed by atoms with van der Waals surface area (Å²) in [5.41, 5.74) is 1.83. The number of nitrogens with one attached hydrogen (secondary N) is 2. The first-order valence-corrected chi connectivity index (χ1v) is 11.4. The molecule has 2 aromatic carbocycles. The van der Waals surface area contributed by atoms with Gasteiger partial charge in [-0.25, -0.2) is 0 Å². The van der Waals surface area contributed by atoms with Gasteiger partial charge in [0.2, 0.25) is 0 Å². The molecule has 31 heavy (non-hydrogen) atoms. The Bertz CT molecular complexity index is 1040. The lowest BCUT2D eigenvalue weighted by Crippen LogP contribution is -2.46. The molecule has 1 aromatic heterocycles. The molecule has 3 aromatic rings. The van der Waals surface area contributed by atoms with Crippen molar-refractivity contribution in [2.24, 2.45) is 5.92 Å². The van der Waals surface area contributed by atoms with E-state index in [1.54, 1.807) is 7.11 Å². The molecule has 1 aliphatic heterocycles. The second-order valence-corrected chi connectivity index (χ2v) is 8.95. The summed E-state index contributed by atoms with van der Waals surface area (Å²) in [6, 6.07) is 13.1. The minimum absolute atomic E-state index is 0.305. The highest BCUT2D eigenvalue weighted by Gasteiger charge is 2.32. The lowest BCUT2D eigenvalue weighted by molar-refractivity contribution is 0.110. The smallest absolute Gasteiger partial charge is 0.177 e. The summed E-state index contributed by atoms with van der Waals surface area (Å²) in [5, 5.41) is 25.9. The van der Waals surface area contributed by atoms with Crippen LogP contribution in [0.2, 0.25) is 0 Å². The van der Waals surface area contributed by atoms with Gasteiger partial charge in [0.05, 0.1) is 7.11 Å². The van der Waals surface area contributed by atoms with E-state index in [9.17, 15) is 0 Å². The number of hydrogen-bond donors (Lipinski definition) is 2. The summed E-state index contributed by atoms with van der Waals surface area (Å²) in [6.07, 6.45) is 6.87. The largest absolute Gasteiger partial charge is 0.497 e. The molecule has 0 radical (unpaired) electrons. The third kappa shape index (κ3) is 4.19. The van der Waals surface area contributed by atoms with Gasteiger partial charge in [0, 0.05) is 30.1 Å². The molecule has 2 fully saturated rings. The number of nitrogens with zero attached hydrogens (tertiary/aromatic N) is 4. The Morgan fingerprint density at radius 2 is 1.87 bits per heavy atom. The molecule has 162 valence electrons. The molecular weight excluding hydrogens is 388 g/mol. The number of likely N-dealkylation sites (tertiary alicyclic amines) is 1. The van der Waals surface area contributed by atoms with Crippen molar-refractivity contribution in [3.8, 4) is 5.75 Å². The third-order valence-electron chi connectivity index (χ3n) is 7.16. The van der Waals surface area contributed by atoms with Gasteiger partial charge in [-0.2, -0.15) is 5.21 Å². The Hall–Kier alpha value is -2.80. The number of ether oxygens (including phenoxy) is 1. The fraction of sp³-hybridized carbons (Fsp3) is 0.500. The van der Waals surface area contributed by atoms with Crippen LogP contribution in [-0.4, -0.2) is 57.5 Å². The predicted octanol–water partition coefficient (Wildman–Crippen LogP) is 4.17. The Balaban J connectivity index is 1.24. The van der Waals surface area contributed by atoms with Crippen molar-refractivity contribution in [2.75, 3.05) is 20.2 Å². The third-order valence-corrected chi connectivity index (χ3v) is 7.16. The maximum Gasteiger partial charge on any atom is 0.177 e. The molecule has 1 unspecified atom stereocenters. The van der Waals surface area contributed by atoms with Crippen LogP contribution in [-0.2, 0) is 0 Å². The first-order chi connectivity index (χ1) is 15.2. The molecule has 0 bridgehead atoms. The molecule has 0 spiro atoms. The zero-order chi connectivity index (χ0) is 21.2. The first-order valence-electron chi connectivity index (χ1n) is 11.4. The van der Waals surface area contributed by atoms with Gasteiger partial charge < -0.3 is 10.1 Å². The quantitative estimate of drug-likeness (QED) is 0.607. The van der Waals surface area contributed by atoms with Gasteiger partial charge in [-0.05, 0) is 79.6 Å². The van der Waals surface area contributed by atoms with E-state index in [1.807, 2.05) is 6.07 Å². The van der Waals surface area contributed by atoms with Crippen LogP contribution in [0.4, 0.5) is 0 Å². The van der Waals surface area contributed by atoms with E-state index < -0.39 is 0 Å². The van der Waals surface area contributed by atoms with E-state index >= 15 is 0 Å². The van der Waals surface area contributed by atoms with Crippen LogP contribution in [0.3, 0.4) is 0 Å². The minimum Gasteiger partial charge on any atom is -0.497 e. The fourth-order valence-corrected chi connectivity index (χ4v) is 5.37. The molecule has 1 aliphatic carbocycles. The Kier molecular flexibility index (Phi) is 5.68.